The van der Waals surface area contributed by atoms with Gasteiger partial charge in [-0.15, -0.1) is 0 Å². The number of hydrogen-bond acceptors (Lipinski definition) is 2. The first kappa shape index (κ1) is 20.4. The highest BCUT2D eigenvalue weighted by atomic mass is 19.1. The zero-order chi connectivity index (χ0) is 18.1. The summed E-state index contributed by atoms with van der Waals surface area (Å²) >= 11 is 0. The zero-order valence-corrected chi connectivity index (χ0v) is 15.9. The standard InChI is InChI=1S/C21H33FN2/c1-7-18-10-12-21(24-15(3)4)20(18)14-23-19(8-2)11-9-16(5)17(6)13-22/h9-10,13,19,23-24H,3,7-8,11-12,14H2,1-2,4-6H3/b16-9-,17-13-. The molecule has 134 valence electrons. The van der Waals surface area contributed by atoms with E-state index in [4.69, 9.17) is 0 Å². The van der Waals surface area contributed by atoms with Crippen molar-refractivity contribution in [1.29, 1.82) is 0 Å². The number of hydrogen-bond donors (Lipinski definition) is 2. The molecule has 0 saturated heterocycles. The fraction of sp³-hybridized carbons (Fsp3) is 0.524. The lowest BCUT2D eigenvalue weighted by Crippen LogP contribution is -2.31. The van der Waals surface area contributed by atoms with Crippen LogP contribution >= 0.6 is 0 Å². The van der Waals surface area contributed by atoms with Crippen LogP contribution < -0.4 is 10.6 Å². The molecule has 0 fully saturated rings. The third kappa shape index (κ3) is 6.12. The molecule has 2 N–H and O–H groups in total. The Morgan fingerprint density at radius 2 is 2.00 bits per heavy atom. The molecule has 0 amide bonds. The maximum Gasteiger partial charge on any atom is 0.0898 e. The predicted molar refractivity (Wildman–Crippen MR) is 103 cm³/mol. The maximum atomic E-state index is 12.6. The van der Waals surface area contributed by atoms with Gasteiger partial charge in [0.05, 0.1) is 6.33 Å². The second kappa shape index (κ2) is 10.3. The summed E-state index contributed by atoms with van der Waals surface area (Å²) < 4.78 is 12.6. The highest BCUT2D eigenvalue weighted by Gasteiger charge is 2.17. The van der Waals surface area contributed by atoms with Crippen molar-refractivity contribution in [2.75, 3.05) is 6.54 Å². The van der Waals surface area contributed by atoms with Gasteiger partial charge in [-0.05, 0) is 62.3 Å². The van der Waals surface area contributed by atoms with Crippen LogP contribution in [0.15, 0.2) is 58.7 Å². The molecule has 2 nitrogen and oxygen atoms in total. The smallest absolute Gasteiger partial charge is 0.0898 e. The molecule has 1 aliphatic carbocycles. The van der Waals surface area contributed by atoms with Crippen molar-refractivity contribution < 1.29 is 4.39 Å². The van der Waals surface area contributed by atoms with E-state index in [-0.39, 0.29) is 0 Å². The largest absolute Gasteiger partial charge is 0.363 e. The van der Waals surface area contributed by atoms with Gasteiger partial charge in [-0.3, -0.25) is 0 Å². The monoisotopic (exact) mass is 332 g/mol. The van der Waals surface area contributed by atoms with Crippen LogP contribution in [0.5, 0.6) is 0 Å². The van der Waals surface area contributed by atoms with Gasteiger partial charge >= 0.3 is 0 Å². The molecule has 24 heavy (non-hydrogen) atoms. The molecule has 0 saturated carbocycles. The van der Waals surface area contributed by atoms with Crippen LogP contribution in [0.1, 0.15) is 60.3 Å². The van der Waals surface area contributed by atoms with E-state index in [1.165, 1.54) is 16.8 Å². The molecule has 0 aromatic rings. The van der Waals surface area contributed by atoms with Gasteiger partial charge in [0.2, 0.25) is 0 Å². The summed E-state index contributed by atoms with van der Waals surface area (Å²) in [5, 5.41) is 7.07. The second-order valence-corrected chi connectivity index (χ2v) is 6.55. The SMILES string of the molecule is C=C(C)NC1=C(CNC(CC)C/C=C(C)\C(C)=C/F)C(CC)=CC1. The third-order valence-corrected chi connectivity index (χ3v) is 4.60. The van der Waals surface area contributed by atoms with Crippen molar-refractivity contribution in [3.63, 3.8) is 0 Å². The Morgan fingerprint density at radius 3 is 2.54 bits per heavy atom. The van der Waals surface area contributed by atoms with Gasteiger partial charge in [0.15, 0.2) is 0 Å². The lowest BCUT2D eigenvalue weighted by molar-refractivity contribution is 0.522. The van der Waals surface area contributed by atoms with E-state index in [9.17, 15) is 4.39 Å². The summed E-state index contributed by atoms with van der Waals surface area (Å²) in [6.45, 7) is 15.0. The van der Waals surface area contributed by atoms with Gasteiger partial charge in [-0.2, -0.15) is 0 Å². The zero-order valence-electron chi connectivity index (χ0n) is 15.9. The second-order valence-electron chi connectivity index (χ2n) is 6.55. The molecule has 1 aliphatic rings. The van der Waals surface area contributed by atoms with Crippen molar-refractivity contribution in [2.45, 2.75) is 66.3 Å². The molecule has 0 heterocycles. The predicted octanol–water partition coefficient (Wildman–Crippen LogP) is 5.68. The quantitative estimate of drug-likeness (QED) is 0.503. The highest BCUT2D eigenvalue weighted by Crippen LogP contribution is 2.27. The molecule has 1 unspecified atom stereocenters. The van der Waals surface area contributed by atoms with Gasteiger partial charge in [-0.1, -0.05) is 32.6 Å². The van der Waals surface area contributed by atoms with E-state index in [1.807, 2.05) is 13.8 Å². The molecule has 0 aromatic heterocycles. The van der Waals surface area contributed by atoms with Gasteiger partial charge in [0.1, 0.15) is 0 Å². The van der Waals surface area contributed by atoms with E-state index in [2.05, 4.69) is 43.2 Å². The summed E-state index contributed by atoms with van der Waals surface area (Å²) in [4.78, 5) is 0. The lowest BCUT2D eigenvalue weighted by Gasteiger charge is -2.19. The Labute approximate surface area is 147 Å². The molecule has 0 aliphatic heterocycles. The van der Waals surface area contributed by atoms with Gasteiger partial charge in [0, 0.05) is 30.4 Å². The summed E-state index contributed by atoms with van der Waals surface area (Å²) in [6.07, 6.45) is 9.08. The van der Waals surface area contributed by atoms with Crippen molar-refractivity contribution in [2.24, 2.45) is 0 Å². The van der Waals surface area contributed by atoms with Crippen molar-refractivity contribution in [3.8, 4) is 0 Å². The van der Waals surface area contributed by atoms with Crippen molar-refractivity contribution in [3.05, 3.63) is 58.7 Å². The highest BCUT2D eigenvalue weighted by molar-refractivity contribution is 5.43. The summed E-state index contributed by atoms with van der Waals surface area (Å²) in [6, 6.07) is 0.393. The number of allylic oxidation sites excluding steroid dienone is 4. The summed E-state index contributed by atoms with van der Waals surface area (Å²) in [5.41, 5.74) is 6.75. The fourth-order valence-electron chi connectivity index (χ4n) is 2.83. The minimum absolute atomic E-state index is 0.393. The molecule has 1 atom stereocenters. The minimum Gasteiger partial charge on any atom is -0.363 e. The average Bonchev–Trinajstić information content (AvgIpc) is 2.94. The van der Waals surface area contributed by atoms with Crippen molar-refractivity contribution >= 4 is 0 Å². The number of rotatable bonds is 10. The van der Waals surface area contributed by atoms with Crippen LogP contribution in [-0.2, 0) is 0 Å². The molecule has 1 rings (SSSR count). The minimum atomic E-state index is 0.393. The van der Waals surface area contributed by atoms with Crippen LogP contribution in [-0.4, -0.2) is 12.6 Å². The van der Waals surface area contributed by atoms with Crippen LogP contribution in [0.25, 0.3) is 0 Å². The molecular formula is C21H33FN2. The van der Waals surface area contributed by atoms with Crippen LogP contribution in [0.3, 0.4) is 0 Å². The Balaban J connectivity index is 2.72. The van der Waals surface area contributed by atoms with Gasteiger partial charge in [0.25, 0.3) is 0 Å². The Morgan fingerprint density at radius 1 is 1.29 bits per heavy atom. The van der Waals surface area contributed by atoms with Crippen LogP contribution in [0.2, 0.25) is 0 Å². The fourth-order valence-corrected chi connectivity index (χ4v) is 2.83. The topological polar surface area (TPSA) is 24.1 Å². The molecular weight excluding hydrogens is 299 g/mol. The van der Waals surface area contributed by atoms with E-state index in [0.29, 0.717) is 17.9 Å². The first-order chi connectivity index (χ1) is 11.4. The first-order valence-electron chi connectivity index (χ1n) is 8.94. The van der Waals surface area contributed by atoms with Gasteiger partial charge < -0.3 is 10.6 Å². The molecule has 0 aromatic carbocycles. The summed E-state index contributed by atoms with van der Waals surface area (Å²) in [7, 11) is 0. The van der Waals surface area contributed by atoms with E-state index in [1.54, 1.807) is 6.92 Å². The molecule has 3 heteroatoms. The average molecular weight is 333 g/mol. The Kier molecular flexibility index (Phi) is 8.77. The lowest BCUT2D eigenvalue weighted by atomic mass is 10.0. The molecule has 0 bridgehead atoms. The number of halogens is 1. The Hall–Kier alpha value is -1.61. The first-order valence-corrected chi connectivity index (χ1v) is 8.94. The third-order valence-electron chi connectivity index (χ3n) is 4.60. The molecule has 0 spiro atoms. The van der Waals surface area contributed by atoms with E-state index in [0.717, 1.165) is 43.5 Å². The van der Waals surface area contributed by atoms with E-state index >= 15 is 0 Å². The normalized spacial score (nSPS) is 17.2. The van der Waals surface area contributed by atoms with Crippen LogP contribution in [0.4, 0.5) is 4.39 Å². The number of nitrogens with one attached hydrogen (secondary N) is 2. The maximum absolute atomic E-state index is 12.6. The van der Waals surface area contributed by atoms with E-state index < -0.39 is 0 Å². The van der Waals surface area contributed by atoms with Gasteiger partial charge in [-0.25, -0.2) is 4.39 Å². The molecule has 0 radical (unpaired) electrons. The Bertz CT molecular complexity index is 564. The van der Waals surface area contributed by atoms with Crippen LogP contribution in [0, 0.1) is 0 Å². The summed E-state index contributed by atoms with van der Waals surface area (Å²) in [5.74, 6) is 0. The van der Waals surface area contributed by atoms with Crippen molar-refractivity contribution in [1.82, 2.24) is 10.6 Å².